The Bertz CT molecular complexity index is 368. The summed E-state index contributed by atoms with van der Waals surface area (Å²) >= 11 is 0. The highest BCUT2D eigenvalue weighted by molar-refractivity contribution is 5.79. The van der Waals surface area contributed by atoms with E-state index in [1.165, 1.54) is 0 Å². The average molecular weight is 249 g/mol. The fourth-order valence-corrected chi connectivity index (χ4v) is 2.08. The van der Waals surface area contributed by atoms with Crippen LogP contribution in [0.1, 0.15) is 33.6 Å². The molecule has 1 amide bonds. The summed E-state index contributed by atoms with van der Waals surface area (Å²) in [5, 5.41) is 12.1. The average Bonchev–Trinajstić information content (AvgIpc) is 3.11. The van der Waals surface area contributed by atoms with Gasteiger partial charge >= 0.3 is 0 Å². The van der Waals surface area contributed by atoms with Gasteiger partial charge in [-0.05, 0) is 39.2 Å². The smallest absolute Gasteiger partial charge is 0.235 e. The van der Waals surface area contributed by atoms with Gasteiger partial charge in [-0.3, -0.25) is 9.69 Å². The Morgan fingerprint density at radius 1 is 1.56 bits per heavy atom. The standard InChI is InChI=1S/C14H23N3O/c1-5-17(8-11(2)3)9-13(18)16-14(4,10-15)12-6-7-12/h12H,2,5-9H2,1,3-4H3,(H,16,18). The second kappa shape index (κ2) is 6.01. The molecule has 0 heterocycles. The van der Waals surface area contributed by atoms with Gasteiger partial charge in [0.05, 0.1) is 12.6 Å². The van der Waals surface area contributed by atoms with Crippen molar-refractivity contribution in [2.75, 3.05) is 19.6 Å². The van der Waals surface area contributed by atoms with Crippen LogP contribution in [0.15, 0.2) is 12.2 Å². The number of rotatable bonds is 7. The van der Waals surface area contributed by atoms with E-state index in [0.717, 1.165) is 31.5 Å². The van der Waals surface area contributed by atoms with Crippen LogP contribution in [0.5, 0.6) is 0 Å². The van der Waals surface area contributed by atoms with Crippen LogP contribution < -0.4 is 5.32 Å². The molecule has 1 unspecified atom stereocenters. The minimum atomic E-state index is -0.695. The normalized spacial score (nSPS) is 17.9. The van der Waals surface area contributed by atoms with E-state index in [1.807, 2.05) is 25.7 Å². The molecule has 0 saturated heterocycles. The first kappa shape index (κ1) is 14.7. The molecular weight excluding hydrogens is 226 g/mol. The van der Waals surface area contributed by atoms with Gasteiger partial charge in [0, 0.05) is 6.54 Å². The maximum Gasteiger partial charge on any atom is 0.235 e. The Labute approximate surface area is 110 Å². The number of carbonyl (C=O) groups is 1. The number of carbonyl (C=O) groups excluding carboxylic acids is 1. The van der Waals surface area contributed by atoms with Crippen molar-refractivity contribution < 1.29 is 4.79 Å². The highest BCUT2D eigenvalue weighted by Crippen LogP contribution is 2.39. The summed E-state index contributed by atoms with van der Waals surface area (Å²) in [6.07, 6.45) is 2.07. The van der Waals surface area contributed by atoms with E-state index >= 15 is 0 Å². The molecular formula is C14H23N3O. The van der Waals surface area contributed by atoms with E-state index in [0.29, 0.717) is 12.5 Å². The monoisotopic (exact) mass is 249 g/mol. The van der Waals surface area contributed by atoms with Crippen molar-refractivity contribution >= 4 is 5.91 Å². The molecule has 0 spiro atoms. The Hall–Kier alpha value is -1.34. The van der Waals surface area contributed by atoms with Crippen LogP contribution in [0, 0.1) is 17.2 Å². The number of amides is 1. The lowest BCUT2D eigenvalue weighted by molar-refractivity contribution is -0.123. The predicted molar refractivity (Wildman–Crippen MR) is 71.8 cm³/mol. The summed E-state index contributed by atoms with van der Waals surface area (Å²) in [6, 6.07) is 2.24. The molecule has 1 rings (SSSR count). The summed E-state index contributed by atoms with van der Waals surface area (Å²) in [4.78, 5) is 14.0. The third-order valence-corrected chi connectivity index (χ3v) is 3.33. The van der Waals surface area contributed by atoms with E-state index in [-0.39, 0.29) is 5.91 Å². The Morgan fingerprint density at radius 2 is 2.17 bits per heavy atom. The van der Waals surface area contributed by atoms with Crippen molar-refractivity contribution in [2.24, 2.45) is 5.92 Å². The van der Waals surface area contributed by atoms with Crippen LogP contribution >= 0.6 is 0 Å². The molecule has 18 heavy (non-hydrogen) atoms. The van der Waals surface area contributed by atoms with Crippen LogP contribution in [0.4, 0.5) is 0 Å². The first-order chi connectivity index (χ1) is 8.41. The molecule has 1 N–H and O–H groups in total. The molecule has 0 aliphatic heterocycles. The van der Waals surface area contributed by atoms with Gasteiger partial charge in [0.25, 0.3) is 0 Å². The minimum absolute atomic E-state index is 0.0750. The number of nitrogens with zero attached hydrogens (tertiary/aromatic N) is 2. The third kappa shape index (κ3) is 4.15. The van der Waals surface area contributed by atoms with Crippen molar-refractivity contribution in [3.05, 3.63) is 12.2 Å². The van der Waals surface area contributed by atoms with Crippen LogP contribution in [0.25, 0.3) is 0 Å². The largest absolute Gasteiger partial charge is 0.337 e. The lowest BCUT2D eigenvalue weighted by Crippen LogP contribution is -2.50. The van der Waals surface area contributed by atoms with Gasteiger partial charge in [-0.25, -0.2) is 0 Å². The zero-order chi connectivity index (χ0) is 13.8. The number of likely N-dealkylation sites (N-methyl/N-ethyl adjacent to an activating group) is 1. The molecule has 1 fully saturated rings. The molecule has 1 aliphatic carbocycles. The fourth-order valence-electron chi connectivity index (χ4n) is 2.08. The minimum Gasteiger partial charge on any atom is -0.337 e. The number of hydrogen-bond donors (Lipinski definition) is 1. The molecule has 0 radical (unpaired) electrons. The van der Waals surface area contributed by atoms with E-state index in [9.17, 15) is 10.1 Å². The summed E-state index contributed by atoms with van der Waals surface area (Å²) in [5.41, 5.74) is 0.342. The summed E-state index contributed by atoms with van der Waals surface area (Å²) in [7, 11) is 0. The molecule has 0 bridgehead atoms. The topological polar surface area (TPSA) is 56.1 Å². The van der Waals surface area contributed by atoms with E-state index in [4.69, 9.17) is 0 Å². The predicted octanol–water partition coefficient (Wildman–Crippen LogP) is 1.69. The second-order valence-electron chi connectivity index (χ2n) is 5.40. The van der Waals surface area contributed by atoms with Crippen molar-refractivity contribution in [3.8, 4) is 6.07 Å². The third-order valence-electron chi connectivity index (χ3n) is 3.33. The van der Waals surface area contributed by atoms with Crippen LogP contribution in [0.2, 0.25) is 0 Å². The summed E-state index contributed by atoms with van der Waals surface area (Å²) in [6.45, 7) is 11.5. The van der Waals surface area contributed by atoms with Gasteiger partial charge in [0.15, 0.2) is 0 Å². The SMILES string of the molecule is C=C(C)CN(CC)CC(=O)NC(C)(C#N)C1CC1. The Kier molecular flexibility index (Phi) is 4.92. The summed E-state index contributed by atoms with van der Waals surface area (Å²) in [5.74, 6) is 0.247. The molecule has 4 nitrogen and oxygen atoms in total. The first-order valence-electron chi connectivity index (χ1n) is 6.50. The molecule has 0 aromatic heterocycles. The van der Waals surface area contributed by atoms with Crippen LogP contribution in [0.3, 0.4) is 0 Å². The lowest BCUT2D eigenvalue weighted by Gasteiger charge is -2.26. The van der Waals surface area contributed by atoms with Gasteiger partial charge in [-0.2, -0.15) is 5.26 Å². The van der Waals surface area contributed by atoms with Crippen LogP contribution in [-0.4, -0.2) is 36.0 Å². The quantitative estimate of drug-likeness (QED) is 0.699. The van der Waals surface area contributed by atoms with Crippen molar-refractivity contribution in [2.45, 2.75) is 39.2 Å². The maximum atomic E-state index is 12.0. The van der Waals surface area contributed by atoms with Gasteiger partial charge in [0.2, 0.25) is 5.91 Å². The fraction of sp³-hybridized carbons (Fsp3) is 0.714. The Balaban J connectivity index is 2.49. The van der Waals surface area contributed by atoms with E-state index in [2.05, 4.69) is 18.0 Å². The zero-order valence-corrected chi connectivity index (χ0v) is 11.6. The van der Waals surface area contributed by atoms with Gasteiger partial charge in [-0.1, -0.05) is 19.1 Å². The molecule has 4 heteroatoms. The van der Waals surface area contributed by atoms with Crippen LogP contribution in [-0.2, 0) is 4.79 Å². The van der Waals surface area contributed by atoms with Gasteiger partial charge < -0.3 is 5.32 Å². The van der Waals surface area contributed by atoms with E-state index in [1.54, 1.807) is 0 Å². The summed E-state index contributed by atoms with van der Waals surface area (Å²) < 4.78 is 0. The maximum absolute atomic E-state index is 12.0. The number of hydrogen-bond acceptors (Lipinski definition) is 3. The Morgan fingerprint density at radius 3 is 2.56 bits per heavy atom. The number of nitriles is 1. The molecule has 0 aromatic carbocycles. The van der Waals surface area contributed by atoms with Crippen molar-refractivity contribution in [3.63, 3.8) is 0 Å². The van der Waals surface area contributed by atoms with Gasteiger partial charge in [-0.15, -0.1) is 0 Å². The van der Waals surface area contributed by atoms with Crippen molar-refractivity contribution in [1.82, 2.24) is 10.2 Å². The second-order valence-corrected chi connectivity index (χ2v) is 5.40. The molecule has 1 atom stereocenters. The van der Waals surface area contributed by atoms with E-state index < -0.39 is 5.54 Å². The van der Waals surface area contributed by atoms with Gasteiger partial charge in [0.1, 0.15) is 5.54 Å². The molecule has 1 aliphatic rings. The highest BCUT2D eigenvalue weighted by Gasteiger charge is 2.43. The molecule has 100 valence electrons. The highest BCUT2D eigenvalue weighted by atomic mass is 16.2. The van der Waals surface area contributed by atoms with Crippen molar-refractivity contribution in [1.29, 1.82) is 5.26 Å². The molecule has 1 saturated carbocycles. The first-order valence-corrected chi connectivity index (χ1v) is 6.50. The lowest BCUT2D eigenvalue weighted by atomic mass is 9.98. The molecule has 0 aromatic rings. The number of nitrogens with one attached hydrogen (secondary N) is 1. The zero-order valence-electron chi connectivity index (χ0n) is 11.6.